The smallest absolute Gasteiger partial charge is 0.333 e. The summed E-state index contributed by atoms with van der Waals surface area (Å²) in [6.07, 6.45) is 4.33. The zero-order valence-electron chi connectivity index (χ0n) is 14.1. The fourth-order valence-electron chi connectivity index (χ4n) is 3.78. The molecule has 2 aliphatic rings. The molecule has 0 N–H and O–H groups in total. The minimum Gasteiger partial charge on any atom is -0.466 e. The average molecular weight is 306 g/mol. The van der Waals surface area contributed by atoms with Crippen LogP contribution < -0.4 is 0 Å². The average Bonchev–Trinajstić information content (AvgIpc) is 2.48. The Bertz CT molecular complexity index is 527. The number of hydrogen-bond acceptors (Lipinski definition) is 4. The molecule has 0 spiro atoms. The zero-order valence-corrected chi connectivity index (χ0v) is 14.1. The maximum atomic E-state index is 11.8. The lowest BCUT2D eigenvalue weighted by molar-refractivity contribution is -0.146. The summed E-state index contributed by atoms with van der Waals surface area (Å²) >= 11 is 0. The first-order chi connectivity index (χ1) is 10.3. The summed E-state index contributed by atoms with van der Waals surface area (Å²) in [5.74, 6) is 0.644. The maximum absolute atomic E-state index is 11.8. The number of hydrogen-bond donors (Lipinski definition) is 0. The molecule has 4 heteroatoms. The van der Waals surface area contributed by atoms with Gasteiger partial charge in [-0.05, 0) is 43.6 Å². The van der Waals surface area contributed by atoms with Gasteiger partial charge < -0.3 is 9.47 Å². The van der Waals surface area contributed by atoms with Crippen molar-refractivity contribution >= 4 is 11.9 Å². The largest absolute Gasteiger partial charge is 0.466 e. The fourth-order valence-corrected chi connectivity index (χ4v) is 3.78. The Morgan fingerprint density at radius 2 is 1.95 bits per heavy atom. The summed E-state index contributed by atoms with van der Waals surface area (Å²) in [5, 5.41) is 0. The van der Waals surface area contributed by atoms with Gasteiger partial charge in [-0.25, -0.2) is 4.79 Å². The zero-order chi connectivity index (χ0) is 16.4. The molecule has 0 saturated heterocycles. The third kappa shape index (κ3) is 3.26. The van der Waals surface area contributed by atoms with E-state index in [-0.39, 0.29) is 24.0 Å². The third-order valence-corrected chi connectivity index (χ3v) is 5.00. The maximum Gasteiger partial charge on any atom is 0.333 e. The van der Waals surface area contributed by atoms with Gasteiger partial charge >= 0.3 is 11.9 Å². The van der Waals surface area contributed by atoms with E-state index in [9.17, 15) is 9.59 Å². The first-order valence-electron chi connectivity index (χ1n) is 8.00. The molecule has 3 atom stereocenters. The van der Waals surface area contributed by atoms with E-state index in [1.165, 1.54) is 19.6 Å². The molecule has 0 aromatic rings. The predicted molar refractivity (Wildman–Crippen MR) is 84.0 cm³/mol. The second-order valence-electron chi connectivity index (χ2n) is 6.66. The van der Waals surface area contributed by atoms with Gasteiger partial charge in [-0.3, -0.25) is 4.79 Å². The fraction of sp³-hybridized carbons (Fsp3) is 0.667. The number of carbonyl (C=O) groups is 2. The number of carbonyl (C=O) groups excluding carboxylic acids is 2. The lowest BCUT2D eigenvalue weighted by Gasteiger charge is -2.41. The number of methoxy groups -OCH3 is 1. The van der Waals surface area contributed by atoms with Gasteiger partial charge in [0.25, 0.3) is 0 Å². The second kappa shape index (κ2) is 6.67. The monoisotopic (exact) mass is 306 g/mol. The van der Waals surface area contributed by atoms with Crippen molar-refractivity contribution in [1.82, 2.24) is 0 Å². The van der Waals surface area contributed by atoms with Crippen molar-refractivity contribution < 1.29 is 19.1 Å². The van der Waals surface area contributed by atoms with Crippen LogP contribution in [-0.2, 0) is 19.1 Å². The highest BCUT2D eigenvalue weighted by Crippen LogP contribution is 2.45. The van der Waals surface area contributed by atoms with E-state index in [0.717, 1.165) is 24.0 Å². The van der Waals surface area contributed by atoms with E-state index in [1.807, 2.05) is 0 Å². The lowest BCUT2D eigenvalue weighted by atomic mass is 9.66. The van der Waals surface area contributed by atoms with Crippen LogP contribution in [0.5, 0.6) is 0 Å². The first kappa shape index (κ1) is 16.8. The van der Waals surface area contributed by atoms with Gasteiger partial charge in [0.15, 0.2) is 0 Å². The van der Waals surface area contributed by atoms with Gasteiger partial charge in [0.1, 0.15) is 6.10 Å². The first-order valence-corrected chi connectivity index (χ1v) is 8.00. The van der Waals surface area contributed by atoms with Crippen LogP contribution in [-0.4, -0.2) is 25.2 Å². The Morgan fingerprint density at radius 1 is 1.27 bits per heavy atom. The van der Waals surface area contributed by atoms with E-state index in [2.05, 4.69) is 26.8 Å². The van der Waals surface area contributed by atoms with Gasteiger partial charge in [-0.2, -0.15) is 0 Å². The molecule has 22 heavy (non-hydrogen) atoms. The van der Waals surface area contributed by atoms with Gasteiger partial charge in [-0.1, -0.05) is 25.5 Å². The molecule has 0 radical (unpaired) electrons. The molecule has 0 fully saturated rings. The molecule has 0 saturated carbocycles. The van der Waals surface area contributed by atoms with Crippen molar-refractivity contribution in [2.75, 3.05) is 7.11 Å². The van der Waals surface area contributed by atoms with E-state index in [4.69, 9.17) is 9.47 Å². The molecular formula is C18H26O4. The molecule has 0 aromatic carbocycles. The Kier molecular flexibility index (Phi) is 5.09. The van der Waals surface area contributed by atoms with Crippen LogP contribution in [0.4, 0.5) is 0 Å². The molecular weight excluding hydrogens is 280 g/mol. The molecule has 0 heterocycles. The van der Waals surface area contributed by atoms with Crippen LogP contribution in [0.2, 0.25) is 0 Å². The van der Waals surface area contributed by atoms with E-state index in [1.54, 1.807) is 0 Å². The quantitative estimate of drug-likeness (QED) is 0.592. The summed E-state index contributed by atoms with van der Waals surface area (Å²) in [4.78, 5) is 23.2. The van der Waals surface area contributed by atoms with E-state index >= 15 is 0 Å². The van der Waals surface area contributed by atoms with Gasteiger partial charge in [0, 0.05) is 18.4 Å². The standard InChI is InChI=1S/C18H26O4/c1-10(2)15-9-17(22-12(4)19)11(3)14-7-6-13(8-16(14)15)18(20)21-5/h8,10,15-17H,6-7,9H2,1-5H3. The Balaban J connectivity index is 2.38. The van der Waals surface area contributed by atoms with Crippen LogP contribution in [0.15, 0.2) is 22.8 Å². The van der Waals surface area contributed by atoms with Crippen molar-refractivity contribution in [3.8, 4) is 0 Å². The summed E-state index contributed by atoms with van der Waals surface area (Å²) in [6, 6.07) is 0. The van der Waals surface area contributed by atoms with Crippen molar-refractivity contribution in [2.24, 2.45) is 17.8 Å². The van der Waals surface area contributed by atoms with Crippen LogP contribution in [0.1, 0.15) is 47.0 Å². The van der Waals surface area contributed by atoms with Crippen LogP contribution in [0.25, 0.3) is 0 Å². The van der Waals surface area contributed by atoms with Crippen LogP contribution in [0.3, 0.4) is 0 Å². The Morgan fingerprint density at radius 3 is 2.50 bits per heavy atom. The van der Waals surface area contributed by atoms with Crippen molar-refractivity contribution in [3.05, 3.63) is 22.8 Å². The summed E-state index contributed by atoms with van der Waals surface area (Å²) in [6.45, 7) is 7.90. The third-order valence-electron chi connectivity index (χ3n) is 5.00. The predicted octanol–water partition coefficient (Wildman–Crippen LogP) is 3.42. The molecule has 0 aromatic heterocycles. The molecule has 0 aliphatic heterocycles. The molecule has 2 rings (SSSR count). The van der Waals surface area contributed by atoms with Crippen LogP contribution >= 0.6 is 0 Å². The SMILES string of the molecule is COC(=O)C1=CC2C(=C(C)C(OC(C)=O)CC2C(C)C)CC1. The number of fused-ring (bicyclic) bond motifs is 1. The van der Waals surface area contributed by atoms with Crippen LogP contribution in [0, 0.1) is 17.8 Å². The second-order valence-corrected chi connectivity index (χ2v) is 6.66. The number of ether oxygens (including phenoxy) is 2. The Labute approximate surface area is 132 Å². The number of esters is 2. The van der Waals surface area contributed by atoms with Crippen molar-refractivity contribution in [3.63, 3.8) is 0 Å². The summed E-state index contributed by atoms with van der Waals surface area (Å²) in [7, 11) is 1.43. The van der Waals surface area contributed by atoms with Crippen molar-refractivity contribution in [1.29, 1.82) is 0 Å². The highest BCUT2D eigenvalue weighted by atomic mass is 16.5. The number of rotatable bonds is 3. The van der Waals surface area contributed by atoms with Gasteiger partial charge in [0.2, 0.25) is 0 Å². The molecule has 122 valence electrons. The molecule has 2 aliphatic carbocycles. The highest BCUT2D eigenvalue weighted by Gasteiger charge is 2.39. The van der Waals surface area contributed by atoms with Gasteiger partial charge in [0.05, 0.1) is 7.11 Å². The minimum absolute atomic E-state index is 0.121. The van der Waals surface area contributed by atoms with Crippen molar-refractivity contribution in [2.45, 2.75) is 53.1 Å². The van der Waals surface area contributed by atoms with E-state index in [0.29, 0.717) is 18.3 Å². The molecule has 3 unspecified atom stereocenters. The topological polar surface area (TPSA) is 52.6 Å². The minimum atomic E-state index is -0.229. The molecule has 0 bridgehead atoms. The molecule has 4 nitrogen and oxygen atoms in total. The molecule has 0 amide bonds. The highest BCUT2D eigenvalue weighted by molar-refractivity contribution is 5.88. The van der Waals surface area contributed by atoms with Gasteiger partial charge in [-0.15, -0.1) is 0 Å². The Hall–Kier alpha value is -1.58. The van der Waals surface area contributed by atoms with E-state index < -0.39 is 0 Å². The summed E-state index contributed by atoms with van der Waals surface area (Å²) < 4.78 is 10.4. The number of allylic oxidation sites excluding steroid dienone is 2. The lowest BCUT2D eigenvalue weighted by Crippen LogP contribution is -2.36. The normalized spacial score (nSPS) is 28.1. The summed E-state index contributed by atoms with van der Waals surface area (Å²) in [5.41, 5.74) is 3.28.